The van der Waals surface area contributed by atoms with Gasteiger partial charge >= 0.3 is 0 Å². The van der Waals surface area contributed by atoms with Crippen molar-refractivity contribution in [3.63, 3.8) is 0 Å². The number of aryl methyl sites for hydroxylation is 1. The average Bonchev–Trinajstić information content (AvgIpc) is 2.46. The Kier molecular flexibility index (Phi) is 2.49. The van der Waals surface area contributed by atoms with Crippen molar-refractivity contribution >= 4 is 34.1 Å². The van der Waals surface area contributed by atoms with Gasteiger partial charge in [-0.15, -0.1) is 24.0 Å². The molecule has 2 rings (SSSR count). The van der Waals surface area contributed by atoms with Gasteiger partial charge in [-0.25, -0.2) is 8.78 Å². The van der Waals surface area contributed by atoms with Crippen LogP contribution < -0.4 is 0 Å². The molecule has 0 spiro atoms. The van der Waals surface area contributed by atoms with Gasteiger partial charge in [-0.05, 0) is 23.9 Å². The van der Waals surface area contributed by atoms with E-state index in [4.69, 9.17) is 0 Å². The van der Waals surface area contributed by atoms with Gasteiger partial charge in [0.25, 0.3) is 6.43 Å². The lowest BCUT2D eigenvalue weighted by Crippen LogP contribution is -1.88. The molecule has 14 heavy (non-hydrogen) atoms. The lowest BCUT2D eigenvalue weighted by molar-refractivity contribution is 0.151. The van der Waals surface area contributed by atoms with Gasteiger partial charge in [0.1, 0.15) is 0 Å². The summed E-state index contributed by atoms with van der Waals surface area (Å²) in [7, 11) is 0. The molecule has 1 aromatic carbocycles. The summed E-state index contributed by atoms with van der Waals surface area (Å²) < 4.78 is 26.9. The molecule has 0 saturated carbocycles. The molecule has 4 heteroatoms. The van der Waals surface area contributed by atoms with E-state index >= 15 is 0 Å². The van der Waals surface area contributed by atoms with E-state index in [0.717, 1.165) is 14.3 Å². The molecule has 0 nitrogen and oxygen atoms in total. The molecule has 0 bridgehead atoms. The Morgan fingerprint density at radius 2 is 2.07 bits per heavy atom. The van der Waals surface area contributed by atoms with Gasteiger partial charge in [-0.2, -0.15) is 0 Å². The number of alkyl halides is 2. The summed E-state index contributed by atoms with van der Waals surface area (Å²) in [4.78, 5) is 0. The first kappa shape index (κ1) is 9.93. The minimum absolute atomic E-state index is 0.118. The maximum atomic E-state index is 12.5. The highest BCUT2D eigenvalue weighted by atomic mass is 32.2. The lowest BCUT2D eigenvalue weighted by atomic mass is 10.1. The van der Waals surface area contributed by atoms with E-state index in [1.54, 1.807) is 13.0 Å². The van der Waals surface area contributed by atoms with Crippen molar-refractivity contribution in [3.8, 4) is 0 Å². The molecule has 1 aromatic heterocycles. The first-order valence-corrected chi connectivity index (χ1v) is 5.36. The van der Waals surface area contributed by atoms with Crippen LogP contribution in [0.25, 0.3) is 10.1 Å². The summed E-state index contributed by atoms with van der Waals surface area (Å²) in [6.45, 7) is 1.73. The van der Waals surface area contributed by atoms with Crippen molar-refractivity contribution in [1.29, 1.82) is 0 Å². The highest BCUT2D eigenvalue weighted by molar-refractivity contribution is 7.83. The number of hydrogen-bond acceptors (Lipinski definition) is 2. The number of thiol groups is 1. The average molecular weight is 230 g/mol. The Hall–Kier alpha value is -0.610. The largest absolute Gasteiger partial charge is 0.264 e. The molecular formula is C10H8F2S2. The van der Waals surface area contributed by atoms with Gasteiger partial charge < -0.3 is 0 Å². The Balaban J connectivity index is 2.74. The van der Waals surface area contributed by atoms with E-state index in [-0.39, 0.29) is 5.56 Å². The fourth-order valence-corrected chi connectivity index (χ4v) is 2.80. The third-order valence-corrected chi connectivity index (χ3v) is 3.67. The Labute approximate surface area is 90.0 Å². The maximum absolute atomic E-state index is 12.5. The van der Waals surface area contributed by atoms with Gasteiger partial charge in [-0.3, -0.25) is 0 Å². The monoisotopic (exact) mass is 230 g/mol. The van der Waals surface area contributed by atoms with Gasteiger partial charge in [-0.1, -0.05) is 12.1 Å². The summed E-state index contributed by atoms with van der Waals surface area (Å²) in [5.41, 5.74) is 0.787. The van der Waals surface area contributed by atoms with Crippen LogP contribution in [0.1, 0.15) is 17.6 Å². The van der Waals surface area contributed by atoms with Crippen LogP contribution in [-0.4, -0.2) is 0 Å². The third kappa shape index (κ3) is 1.53. The quantitative estimate of drug-likeness (QED) is 0.688. The van der Waals surface area contributed by atoms with Crippen LogP contribution in [-0.2, 0) is 0 Å². The Bertz CT molecular complexity index is 474. The van der Waals surface area contributed by atoms with Gasteiger partial charge in [0, 0.05) is 10.3 Å². The molecule has 0 fully saturated rings. The number of fused-ring (bicyclic) bond motifs is 1. The number of benzene rings is 1. The first-order chi connectivity index (χ1) is 6.59. The molecule has 0 aliphatic carbocycles. The predicted molar refractivity (Wildman–Crippen MR) is 58.8 cm³/mol. The highest BCUT2D eigenvalue weighted by Gasteiger charge is 2.13. The molecular weight excluding hydrogens is 222 g/mol. The zero-order chi connectivity index (χ0) is 10.3. The van der Waals surface area contributed by atoms with E-state index < -0.39 is 6.43 Å². The van der Waals surface area contributed by atoms with Gasteiger partial charge in [0.15, 0.2) is 0 Å². The topological polar surface area (TPSA) is 0 Å². The normalized spacial score (nSPS) is 11.5. The minimum atomic E-state index is -2.40. The van der Waals surface area contributed by atoms with Crippen LogP contribution in [0.4, 0.5) is 8.78 Å². The van der Waals surface area contributed by atoms with Crippen LogP contribution in [0.15, 0.2) is 22.4 Å². The number of rotatable bonds is 1. The van der Waals surface area contributed by atoms with E-state index in [1.807, 2.05) is 6.07 Å². The smallest absolute Gasteiger partial charge is 0.205 e. The predicted octanol–water partition coefficient (Wildman–Crippen LogP) is 4.44. The van der Waals surface area contributed by atoms with Crippen LogP contribution in [0.5, 0.6) is 0 Å². The van der Waals surface area contributed by atoms with Crippen LogP contribution in [0, 0.1) is 6.92 Å². The van der Waals surface area contributed by atoms with Crippen LogP contribution in [0.3, 0.4) is 0 Å². The molecule has 0 N–H and O–H groups in total. The summed E-state index contributed by atoms with van der Waals surface area (Å²) in [5, 5.41) is 0.988. The van der Waals surface area contributed by atoms with Crippen LogP contribution >= 0.6 is 24.0 Å². The number of hydrogen-bond donors (Lipinski definition) is 1. The summed E-state index contributed by atoms with van der Waals surface area (Å²) in [6, 6.07) is 5.10. The Morgan fingerprint density at radius 1 is 1.36 bits per heavy atom. The van der Waals surface area contributed by atoms with Gasteiger partial charge in [0.2, 0.25) is 0 Å². The molecule has 1 heterocycles. The maximum Gasteiger partial charge on any atom is 0.264 e. The second-order valence-corrected chi connectivity index (χ2v) is 4.92. The van der Waals surface area contributed by atoms with E-state index in [9.17, 15) is 8.78 Å². The molecule has 0 unspecified atom stereocenters. The van der Waals surface area contributed by atoms with Crippen molar-refractivity contribution in [3.05, 3.63) is 29.3 Å². The second-order valence-electron chi connectivity index (χ2n) is 3.08. The first-order valence-electron chi connectivity index (χ1n) is 4.09. The molecule has 0 saturated heterocycles. The molecule has 0 aliphatic rings. The van der Waals surface area contributed by atoms with Crippen molar-refractivity contribution in [2.75, 3.05) is 0 Å². The number of halogens is 2. The van der Waals surface area contributed by atoms with Crippen molar-refractivity contribution in [2.24, 2.45) is 0 Å². The molecule has 0 atom stereocenters. The SMILES string of the molecule is Cc1c(C(F)F)ccc2cc(S)sc12. The minimum Gasteiger partial charge on any atom is -0.205 e. The lowest BCUT2D eigenvalue weighted by Gasteiger charge is -2.04. The highest BCUT2D eigenvalue weighted by Crippen LogP contribution is 2.35. The molecule has 0 radical (unpaired) electrons. The van der Waals surface area contributed by atoms with E-state index in [0.29, 0.717) is 5.56 Å². The van der Waals surface area contributed by atoms with Crippen LogP contribution in [0.2, 0.25) is 0 Å². The Morgan fingerprint density at radius 3 is 2.71 bits per heavy atom. The molecule has 0 aliphatic heterocycles. The summed E-state index contributed by atoms with van der Waals surface area (Å²) >= 11 is 5.65. The zero-order valence-corrected chi connectivity index (χ0v) is 9.13. The summed E-state index contributed by atoms with van der Waals surface area (Å²) in [5.74, 6) is 0. The second kappa shape index (κ2) is 3.51. The summed E-state index contributed by atoms with van der Waals surface area (Å²) in [6.07, 6.45) is -2.40. The third-order valence-electron chi connectivity index (χ3n) is 2.20. The number of thiophene rings is 1. The van der Waals surface area contributed by atoms with Crippen molar-refractivity contribution in [1.82, 2.24) is 0 Å². The van der Waals surface area contributed by atoms with Crippen molar-refractivity contribution < 1.29 is 8.78 Å². The van der Waals surface area contributed by atoms with Gasteiger partial charge in [0.05, 0.1) is 4.21 Å². The van der Waals surface area contributed by atoms with E-state index in [2.05, 4.69) is 12.6 Å². The van der Waals surface area contributed by atoms with E-state index in [1.165, 1.54) is 17.4 Å². The zero-order valence-electron chi connectivity index (χ0n) is 7.42. The fraction of sp³-hybridized carbons (Fsp3) is 0.200. The standard InChI is InChI=1S/C10H8F2S2/c1-5-7(10(11)12)3-2-6-4-8(13)14-9(5)6/h2-4,10,13H,1H3. The molecule has 2 aromatic rings. The molecule has 74 valence electrons. The van der Waals surface area contributed by atoms with Crippen molar-refractivity contribution in [2.45, 2.75) is 17.6 Å². The molecule has 0 amide bonds. The fourth-order valence-electron chi connectivity index (χ4n) is 1.48.